The zero-order chi connectivity index (χ0) is 10.0. The second kappa shape index (κ2) is 3.48. The zero-order valence-corrected chi connectivity index (χ0v) is 7.08. The summed E-state index contributed by atoms with van der Waals surface area (Å²) < 4.78 is 38.5. The van der Waals surface area contributed by atoms with Gasteiger partial charge < -0.3 is 0 Å². The van der Waals surface area contributed by atoms with Gasteiger partial charge in [-0.05, 0) is 13.8 Å². The van der Waals surface area contributed by atoms with Crippen LogP contribution in [0.1, 0.15) is 18.2 Å². The second-order valence-electron chi connectivity index (χ2n) is 2.37. The quantitative estimate of drug-likeness (QED) is 0.446. The number of aromatic nitrogens is 1. The van der Waals surface area contributed by atoms with Gasteiger partial charge in [0.15, 0.2) is 11.6 Å². The molecule has 13 heavy (non-hydrogen) atoms. The van der Waals surface area contributed by atoms with E-state index in [9.17, 15) is 13.2 Å². The number of hydrogen-bond donors (Lipinski definition) is 0. The first-order valence-corrected chi connectivity index (χ1v) is 3.51. The van der Waals surface area contributed by atoms with Crippen molar-refractivity contribution >= 4 is 0 Å². The van der Waals surface area contributed by atoms with Crippen molar-refractivity contribution in [1.29, 1.82) is 0 Å². The molecular weight excluding hydrogens is 179 g/mol. The van der Waals surface area contributed by atoms with Gasteiger partial charge in [-0.25, -0.2) is 13.8 Å². The first-order chi connectivity index (χ1) is 6.07. The standard InChI is InChI=1S/C9H6F3N/c1-3-4-6-7(10)5(2)13-9(12)8(6)11/h1-2H3. The monoisotopic (exact) mass is 185 g/mol. The average molecular weight is 185 g/mol. The van der Waals surface area contributed by atoms with Crippen LogP contribution >= 0.6 is 0 Å². The molecule has 1 aromatic rings. The molecule has 0 bridgehead atoms. The van der Waals surface area contributed by atoms with Crippen LogP contribution in [-0.4, -0.2) is 4.98 Å². The van der Waals surface area contributed by atoms with Crippen molar-refractivity contribution in [3.63, 3.8) is 0 Å². The predicted octanol–water partition coefficient (Wildman–Crippen LogP) is 2.18. The molecule has 0 aromatic carbocycles. The molecule has 0 fully saturated rings. The van der Waals surface area contributed by atoms with Gasteiger partial charge in [0.2, 0.25) is 0 Å². The van der Waals surface area contributed by atoms with Crippen LogP contribution in [0.4, 0.5) is 13.2 Å². The molecule has 4 heteroatoms. The van der Waals surface area contributed by atoms with Crippen molar-refractivity contribution in [2.45, 2.75) is 13.8 Å². The highest BCUT2D eigenvalue weighted by Gasteiger charge is 2.16. The molecule has 1 rings (SSSR count). The molecule has 0 aliphatic rings. The van der Waals surface area contributed by atoms with Gasteiger partial charge in [0.25, 0.3) is 5.95 Å². The number of halogens is 3. The third-order valence-electron chi connectivity index (χ3n) is 1.45. The van der Waals surface area contributed by atoms with Gasteiger partial charge in [-0.2, -0.15) is 4.39 Å². The smallest absolute Gasteiger partial charge is 0.219 e. The van der Waals surface area contributed by atoms with E-state index in [0.717, 1.165) is 0 Å². The van der Waals surface area contributed by atoms with Crippen LogP contribution in [0, 0.1) is 36.3 Å². The number of hydrogen-bond acceptors (Lipinski definition) is 1. The Morgan fingerprint density at radius 3 is 2.31 bits per heavy atom. The maximum absolute atomic E-state index is 13.1. The SMILES string of the molecule is CC#Cc1c(F)c(C)nc(F)c1F. The molecule has 0 aliphatic carbocycles. The van der Waals surface area contributed by atoms with Crippen molar-refractivity contribution in [2.24, 2.45) is 0 Å². The third kappa shape index (κ3) is 1.64. The Morgan fingerprint density at radius 2 is 1.77 bits per heavy atom. The lowest BCUT2D eigenvalue weighted by atomic mass is 10.2. The van der Waals surface area contributed by atoms with Crippen LogP contribution in [0.15, 0.2) is 0 Å². The highest BCUT2D eigenvalue weighted by molar-refractivity contribution is 5.37. The Labute approximate surface area is 73.6 Å². The van der Waals surface area contributed by atoms with Crippen molar-refractivity contribution in [2.75, 3.05) is 0 Å². The summed E-state index contributed by atoms with van der Waals surface area (Å²) in [5, 5.41) is 0. The largest absolute Gasteiger partial charge is 0.250 e. The topological polar surface area (TPSA) is 12.9 Å². The summed E-state index contributed by atoms with van der Waals surface area (Å²) in [6.45, 7) is 2.66. The molecule has 1 aromatic heterocycles. The summed E-state index contributed by atoms with van der Waals surface area (Å²) in [6, 6.07) is 0. The molecule has 1 nitrogen and oxygen atoms in total. The Balaban J connectivity index is 3.52. The fourth-order valence-corrected chi connectivity index (χ4v) is 0.861. The van der Waals surface area contributed by atoms with Gasteiger partial charge in [-0.1, -0.05) is 5.92 Å². The molecule has 0 spiro atoms. The van der Waals surface area contributed by atoms with Crippen LogP contribution in [-0.2, 0) is 0 Å². The lowest BCUT2D eigenvalue weighted by molar-refractivity contribution is 0.456. The van der Waals surface area contributed by atoms with Crippen LogP contribution in [0.5, 0.6) is 0 Å². The normalized spacial score (nSPS) is 9.31. The summed E-state index contributed by atoms with van der Waals surface area (Å²) in [6.07, 6.45) is 0. The van der Waals surface area contributed by atoms with E-state index < -0.39 is 23.1 Å². The summed E-state index contributed by atoms with van der Waals surface area (Å²) in [5.74, 6) is 0.874. The minimum Gasteiger partial charge on any atom is -0.219 e. The van der Waals surface area contributed by atoms with Crippen LogP contribution in [0.2, 0.25) is 0 Å². The van der Waals surface area contributed by atoms with Crippen molar-refractivity contribution in [3.05, 3.63) is 28.8 Å². The van der Waals surface area contributed by atoms with E-state index in [-0.39, 0.29) is 5.69 Å². The van der Waals surface area contributed by atoms with E-state index in [0.29, 0.717) is 0 Å². The maximum Gasteiger partial charge on any atom is 0.250 e. The molecular formula is C9H6F3N. The Morgan fingerprint density at radius 1 is 1.15 bits per heavy atom. The molecule has 0 radical (unpaired) electrons. The van der Waals surface area contributed by atoms with Crippen molar-refractivity contribution in [3.8, 4) is 11.8 Å². The Kier molecular flexibility index (Phi) is 2.57. The highest BCUT2D eigenvalue weighted by atomic mass is 19.2. The average Bonchev–Trinajstić information content (AvgIpc) is 2.09. The molecule has 0 atom stereocenters. The van der Waals surface area contributed by atoms with Gasteiger partial charge in [-0.3, -0.25) is 0 Å². The van der Waals surface area contributed by atoms with E-state index in [4.69, 9.17) is 0 Å². The van der Waals surface area contributed by atoms with Crippen molar-refractivity contribution < 1.29 is 13.2 Å². The van der Waals surface area contributed by atoms with Crippen molar-refractivity contribution in [1.82, 2.24) is 4.98 Å². The predicted molar refractivity (Wildman–Crippen MR) is 41.4 cm³/mol. The summed E-state index contributed by atoms with van der Waals surface area (Å²) in [4.78, 5) is 3.03. The third-order valence-corrected chi connectivity index (χ3v) is 1.45. The Hall–Kier alpha value is -1.50. The van der Waals surface area contributed by atoms with Gasteiger partial charge in [0, 0.05) is 0 Å². The molecule has 0 N–H and O–H groups in total. The molecule has 0 aliphatic heterocycles. The zero-order valence-electron chi connectivity index (χ0n) is 7.08. The van der Waals surface area contributed by atoms with Gasteiger partial charge in [0.1, 0.15) is 5.56 Å². The Bertz CT molecular complexity index is 375. The van der Waals surface area contributed by atoms with Gasteiger partial charge in [-0.15, -0.1) is 5.92 Å². The fraction of sp³-hybridized carbons (Fsp3) is 0.222. The van der Waals surface area contributed by atoms with Crippen LogP contribution < -0.4 is 0 Å². The minimum absolute atomic E-state index is 0.198. The second-order valence-corrected chi connectivity index (χ2v) is 2.37. The molecule has 0 saturated heterocycles. The molecule has 0 unspecified atom stereocenters. The first-order valence-electron chi connectivity index (χ1n) is 3.51. The van der Waals surface area contributed by atoms with E-state index in [2.05, 4.69) is 16.8 Å². The van der Waals surface area contributed by atoms with E-state index >= 15 is 0 Å². The molecule has 68 valence electrons. The van der Waals surface area contributed by atoms with E-state index in [1.807, 2.05) is 0 Å². The summed E-state index contributed by atoms with van der Waals surface area (Å²) >= 11 is 0. The van der Waals surface area contributed by atoms with E-state index in [1.54, 1.807) is 0 Å². The lowest BCUT2D eigenvalue weighted by Gasteiger charge is -2.00. The molecule has 0 saturated carbocycles. The summed E-state index contributed by atoms with van der Waals surface area (Å²) in [5.41, 5.74) is -0.760. The van der Waals surface area contributed by atoms with Gasteiger partial charge >= 0.3 is 0 Å². The molecule has 0 amide bonds. The maximum atomic E-state index is 13.1. The van der Waals surface area contributed by atoms with Crippen LogP contribution in [0.25, 0.3) is 0 Å². The van der Waals surface area contributed by atoms with Gasteiger partial charge in [0.05, 0.1) is 5.69 Å². The van der Waals surface area contributed by atoms with Crippen LogP contribution in [0.3, 0.4) is 0 Å². The molecule has 1 heterocycles. The number of aryl methyl sites for hydroxylation is 1. The fourth-order valence-electron chi connectivity index (χ4n) is 0.861. The number of rotatable bonds is 0. The number of nitrogens with zero attached hydrogens (tertiary/aromatic N) is 1. The van der Waals surface area contributed by atoms with E-state index in [1.165, 1.54) is 13.8 Å². The highest BCUT2D eigenvalue weighted by Crippen LogP contribution is 2.15. The lowest BCUT2D eigenvalue weighted by Crippen LogP contribution is -2.02. The summed E-state index contributed by atoms with van der Waals surface area (Å²) in [7, 11) is 0. The first kappa shape index (κ1) is 9.59. The number of pyridine rings is 1. The minimum atomic E-state index is -1.34.